The number of esters is 1. The number of amides is 2. The molecule has 0 aliphatic carbocycles. The summed E-state index contributed by atoms with van der Waals surface area (Å²) in [5.74, 6) is 0.330. The largest absolute Gasteiger partial charge is 0.468 e. The predicted octanol–water partition coefficient (Wildman–Crippen LogP) is 1.72. The van der Waals surface area contributed by atoms with Crippen molar-refractivity contribution in [3.8, 4) is 0 Å². The number of piperidine rings is 1. The summed E-state index contributed by atoms with van der Waals surface area (Å²) in [6, 6.07) is -0.0332. The molecule has 1 aliphatic rings. The Labute approximate surface area is 109 Å². The van der Waals surface area contributed by atoms with Crippen LogP contribution in [0.25, 0.3) is 0 Å². The molecule has 0 atom stereocenters. The lowest BCUT2D eigenvalue weighted by Gasteiger charge is -2.34. The second kappa shape index (κ2) is 7.24. The molecule has 1 aliphatic heterocycles. The molecule has 2 amide bonds. The van der Waals surface area contributed by atoms with Gasteiger partial charge in [-0.1, -0.05) is 13.8 Å². The molecule has 104 valence electrons. The van der Waals surface area contributed by atoms with Gasteiger partial charge < -0.3 is 14.5 Å². The van der Waals surface area contributed by atoms with Crippen molar-refractivity contribution in [2.24, 2.45) is 5.92 Å². The fraction of sp³-hybridized carbons (Fsp3) is 0.846. The summed E-state index contributed by atoms with van der Waals surface area (Å²) in [6.07, 6.45) is 2.93. The van der Waals surface area contributed by atoms with Crippen LogP contribution in [-0.2, 0) is 9.53 Å². The third-order valence-corrected chi connectivity index (χ3v) is 3.37. The molecule has 0 spiro atoms. The van der Waals surface area contributed by atoms with Crippen molar-refractivity contribution >= 4 is 12.0 Å². The van der Waals surface area contributed by atoms with Crippen molar-refractivity contribution in [2.45, 2.75) is 33.1 Å². The highest BCUT2D eigenvalue weighted by molar-refractivity contribution is 5.81. The van der Waals surface area contributed by atoms with E-state index in [0.29, 0.717) is 12.5 Å². The Bertz CT molecular complexity index is 286. The topological polar surface area (TPSA) is 49.9 Å². The van der Waals surface area contributed by atoms with Crippen LogP contribution in [0.1, 0.15) is 33.1 Å². The van der Waals surface area contributed by atoms with Crippen LogP contribution in [0.4, 0.5) is 4.79 Å². The first kappa shape index (κ1) is 14.8. The van der Waals surface area contributed by atoms with Crippen LogP contribution in [0, 0.1) is 5.92 Å². The van der Waals surface area contributed by atoms with E-state index in [2.05, 4.69) is 11.7 Å². The number of hydrogen-bond donors (Lipinski definition) is 0. The zero-order valence-electron chi connectivity index (χ0n) is 11.6. The molecular weight excluding hydrogens is 232 g/mol. The van der Waals surface area contributed by atoms with Crippen LogP contribution in [0.15, 0.2) is 0 Å². The zero-order chi connectivity index (χ0) is 13.5. The van der Waals surface area contributed by atoms with Crippen LogP contribution in [0.5, 0.6) is 0 Å². The summed E-state index contributed by atoms with van der Waals surface area (Å²) in [5, 5.41) is 0. The standard InChI is InChI=1S/C13H24N2O3/c1-4-7-15(10-12(16)18-3)13(17)14-8-5-11(2)6-9-14/h11H,4-10H2,1-3H3. The Morgan fingerprint density at radius 2 is 1.94 bits per heavy atom. The number of hydrogen-bond acceptors (Lipinski definition) is 3. The van der Waals surface area contributed by atoms with E-state index in [1.54, 1.807) is 4.90 Å². The zero-order valence-corrected chi connectivity index (χ0v) is 11.6. The first-order valence-corrected chi connectivity index (χ1v) is 6.69. The second-order valence-electron chi connectivity index (χ2n) is 4.95. The van der Waals surface area contributed by atoms with Gasteiger partial charge in [0.25, 0.3) is 0 Å². The Kier molecular flexibility index (Phi) is 5.95. The van der Waals surface area contributed by atoms with E-state index in [9.17, 15) is 9.59 Å². The van der Waals surface area contributed by atoms with Gasteiger partial charge in [0.2, 0.25) is 0 Å². The maximum Gasteiger partial charge on any atom is 0.325 e. The SMILES string of the molecule is CCCN(CC(=O)OC)C(=O)N1CCC(C)CC1. The molecule has 1 fully saturated rings. The molecule has 0 bridgehead atoms. The highest BCUT2D eigenvalue weighted by atomic mass is 16.5. The number of rotatable bonds is 4. The van der Waals surface area contributed by atoms with Crippen molar-refractivity contribution in [3.05, 3.63) is 0 Å². The highest BCUT2D eigenvalue weighted by Gasteiger charge is 2.25. The van der Waals surface area contributed by atoms with E-state index >= 15 is 0 Å². The third kappa shape index (κ3) is 4.20. The Morgan fingerprint density at radius 1 is 1.33 bits per heavy atom. The Balaban J connectivity index is 2.55. The average molecular weight is 256 g/mol. The molecule has 1 heterocycles. The Morgan fingerprint density at radius 3 is 2.44 bits per heavy atom. The van der Waals surface area contributed by atoms with Gasteiger partial charge in [0.15, 0.2) is 0 Å². The van der Waals surface area contributed by atoms with Crippen molar-refractivity contribution in [1.82, 2.24) is 9.80 Å². The van der Waals surface area contributed by atoms with Gasteiger partial charge in [-0.3, -0.25) is 4.79 Å². The van der Waals surface area contributed by atoms with Gasteiger partial charge in [-0.25, -0.2) is 4.79 Å². The summed E-state index contributed by atoms with van der Waals surface area (Å²) >= 11 is 0. The van der Waals surface area contributed by atoms with Crippen molar-refractivity contribution in [3.63, 3.8) is 0 Å². The molecule has 0 radical (unpaired) electrons. The number of likely N-dealkylation sites (tertiary alicyclic amines) is 1. The van der Waals surface area contributed by atoms with Gasteiger partial charge in [0, 0.05) is 19.6 Å². The quantitative estimate of drug-likeness (QED) is 0.720. The van der Waals surface area contributed by atoms with E-state index < -0.39 is 0 Å². The highest BCUT2D eigenvalue weighted by Crippen LogP contribution is 2.17. The van der Waals surface area contributed by atoms with Gasteiger partial charge in [-0.15, -0.1) is 0 Å². The molecular formula is C13H24N2O3. The summed E-state index contributed by atoms with van der Waals surface area (Å²) in [4.78, 5) is 27.0. The average Bonchev–Trinajstić information content (AvgIpc) is 2.38. The summed E-state index contributed by atoms with van der Waals surface area (Å²) < 4.78 is 4.63. The number of ether oxygens (including phenoxy) is 1. The lowest BCUT2D eigenvalue weighted by atomic mass is 9.99. The van der Waals surface area contributed by atoms with Gasteiger partial charge in [0.1, 0.15) is 6.54 Å². The molecule has 0 unspecified atom stereocenters. The number of carbonyl (C=O) groups is 2. The second-order valence-corrected chi connectivity index (χ2v) is 4.95. The fourth-order valence-electron chi connectivity index (χ4n) is 2.13. The van der Waals surface area contributed by atoms with Crippen molar-refractivity contribution in [1.29, 1.82) is 0 Å². The van der Waals surface area contributed by atoms with Crippen molar-refractivity contribution in [2.75, 3.05) is 33.3 Å². The number of methoxy groups -OCH3 is 1. The summed E-state index contributed by atoms with van der Waals surface area (Å²) in [7, 11) is 1.35. The monoisotopic (exact) mass is 256 g/mol. The smallest absolute Gasteiger partial charge is 0.325 e. The molecule has 18 heavy (non-hydrogen) atoms. The molecule has 0 aromatic carbocycles. The minimum Gasteiger partial charge on any atom is -0.468 e. The van der Waals surface area contributed by atoms with Gasteiger partial charge >= 0.3 is 12.0 Å². The lowest BCUT2D eigenvalue weighted by molar-refractivity contribution is -0.141. The molecule has 5 heteroatoms. The Hall–Kier alpha value is -1.26. The molecule has 0 saturated carbocycles. The summed E-state index contributed by atoms with van der Waals surface area (Å²) in [6.45, 7) is 6.44. The van der Waals surface area contributed by atoms with Crippen LogP contribution in [0.3, 0.4) is 0 Å². The molecule has 1 rings (SSSR count). The fourth-order valence-corrected chi connectivity index (χ4v) is 2.13. The van der Waals surface area contributed by atoms with E-state index in [1.807, 2.05) is 11.8 Å². The van der Waals surface area contributed by atoms with Crippen LogP contribution < -0.4 is 0 Å². The van der Waals surface area contributed by atoms with Crippen LogP contribution in [-0.4, -0.2) is 55.1 Å². The minimum absolute atomic E-state index is 0.0332. The molecule has 0 aromatic heterocycles. The van der Waals surface area contributed by atoms with E-state index in [4.69, 9.17) is 0 Å². The van der Waals surface area contributed by atoms with Gasteiger partial charge in [0.05, 0.1) is 7.11 Å². The first-order chi connectivity index (χ1) is 8.58. The van der Waals surface area contributed by atoms with Crippen LogP contribution >= 0.6 is 0 Å². The van der Waals surface area contributed by atoms with Crippen molar-refractivity contribution < 1.29 is 14.3 Å². The maximum absolute atomic E-state index is 12.3. The molecule has 1 saturated heterocycles. The van der Waals surface area contributed by atoms with E-state index in [1.165, 1.54) is 7.11 Å². The number of carbonyl (C=O) groups excluding carboxylic acids is 2. The summed E-state index contributed by atoms with van der Waals surface area (Å²) in [5.41, 5.74) is 0. The van der Waals surface area contributed by atoms with Gasteiger partial charge in [-0.05, 0) is 25.2 Å². The lowest BCUT2D eigenvalue weighted by Crippen LogP contribution is -2.48. The van der Waals surface area contributed by atoms with E-state index in [0.717, 1.165) is 32.4 Å². The van der Waals surface area contributed by atoms with E-state index in [-0.39, 0.29) is 18.5 Å². The maximum atomic E-state index is 12.3. The van der Waals surface area contributed by atoms with Crippen LogP contribution in [0.2, 0.25) is 0 Å². The predicted molar refractivity (Wildman–Crippen MR) is 69.2 cm³/mol. The molecule has 5 nitrogen and oxygen atoms in total. The molecule has 0 aromatic rings. The van der Waals surface area contributed by atoms with Gasteiger partial charge in [-0.2, -0.15) is 0 Å². The molecule has 0 N–H and O–H groups in total. The minimum atomic E-state index is -0.359. The third-order valence-electron chi connectivity index (χ3n) is 3.37. The first-order valence-electron chi connectivity index (χ1n) is 6.69. The number of urea groups is 1. The number of nitrogens with zero attached hydrogens (tertiary/aromatic N) is 2. The normalized spacial score (nSPS) is 16.5.